The van der Waals surface area contributed by atoms with Gasteiger partial charge >= 0.3 is 5.97 Å². The zero-order chi connectivity index (χ0) is 18.1. The van der Waals surface area contributed by atoms with Gasteiger partial charge in [-0.3, -0.25) is 0 Å². The van der Waals surface area contributed by atoms with E-state index >= 15 is 0 Å². The second kappa shape index (κ2) is 6.52. The Hall–Kier alpha value is -2.93. The minimum atomic E-state index is -0.689. The third kappa shape index (κ3) is 2.94. The predicted octanol–water partition coefficient (Wildman–Crippen LogP) is 2.77. The lowest BCUT2D eigenvalue weighted by Gasteiger charge is -2.07. The zero-order valence-electron chi connectivity index (χ0n) is 14.1. The first kappa shape index (κ1) is 16.9. The summed E-state index contributed by atoms with van der Waals surface area (Å²) in [7, 11) is 1.29. The highest BCUT2D eigenvalue weighted by Crippen LogP contribution is 2.21. The van der Waals surface area contributed by atoms with E-state index < -0.39 is 17.6 Å². The van der Waals surface area contributed by atoms with Crippen molar-refractivity contribution in [2.45, 2.75) is 13.8 Å². The van der Waals surface area contributed by atoms with Gasteiger partial charge in [0.15, 0.2) is 0 Å². The quantitative estimate of drug-likeness (QED) is 0.622. The standard InChI is InChI=1S/C21H16F2O2/c1-12-7-9-16(20-18(22)5-4-6-19(20)23)17-11-14(21(24)25-3)8-10-15(17)13(12)2/h4-6,8,10-12H,1-3H3. The molecule has 0 spiro atoms. The fraction of sp³-hybridized carbons (Fsp3) is 0.190. The topological polar surface area (TPSA) is 26.3 Å². The number of carbonyl (C=O) groups is 1. The van der Waals surface area contributed by atoms with E-state index in [1.54, 1.807) is 18.2 Å². The summed E-state index contributed by atoms with van der Waals surface area (Å²) in [5.74, 6) is 3.98. The van der Waals surface area contributed by atoms with Crippen LogP contribution in [0.5, 0.6) is 0 Å². The maximum atomic E-state index is 14.4. The van der Waals surface area contributed by atoms with Crippen LogP contribution in [-0.4, -0.2) is 13.1 Å². The molecule has 0 aliphatic heterocycles. The lowest BCUT2D eigenvalue weighted by molar-refractivity contribution is 0.0600. The smallest absolute Gasteiger partial charge is 0.337 e. The fourth-order valence-electron chi connectivity index (χ4n) is 2.86. The summed E-state index contributed by atoms with van der Waals surface area (Å²) in [5.41, 5.74) is 1.34. The molecule has 1 aliphatic carbocycles. The Morgan fingerprint density at radius 3 is 2.44 bits per heavy atom. The molecular formula is C21H16F2O2. The number of rotatable bonds is 2. The van der Waals surface area contributed by atoms with Crippen LogP contribution >= 0.6 is 0 Å². The molecule has 0 fully saturated rings. The molecule has 1 unspecified atom stereocenters. The molecule has 0 aromatic heterocycles. The summed E-state index contributed by atoms with van der Waals surface area (Å²) < 4.78 is 33.5. The van der Waals surface area contributed by atoms with Crippen molar-refractivity contribution in [3.05, 3.63) is 69.6 Å². The minimum Gasteiger partial charge on any atom is -0.465 e. The molecule has 4 heteroatoms. The number of hydrogen-bond donors (Lipinski definition) is 0. The molecule has 1 atom stereocenters. The predicted molar refractivity (Wildman–Crippen MR) is 91.9 cm³/mol. The lowest BCUT2D eigenvalue weighted by atomic mass is 9.98. The number of fused-ring (bicyclic) bond motifs is 1. The third-order valence-electron chi connectivity index (χ3n) is 4.41. The van der Waals surface area contributed by atoms with Gasteiger partial charge in [0, 0.05) is 11.5 Å². The summed E-state index contributed by atoms with van der Waals surface area (Å²) in [6.45, 7) is 3.86. The van der Waals surface area contributed by atoms with Gasteiger partial charge in [-0.1, -0.05) is 29.5 Å². The number of ether oxygens (including phenoxy) is 1. The molecule has 0 saturated carbocycles. The third-order valence-corrected chi connectivity index (χ3v) is 4.41. The van der Waals surface area contributed by atoms with E-state index in [4.69, 9.17) is 4.74 Å². The van der Waals surface area contributed by atoms with Gasteiger partial charge in [-0.2, -0.15) is 0 Å². The van der Waals surface area contributed by atoms with Gasteiger partial charge in [0.1, 0.15) is 11.6 Å². The summed E-state index contributed by atoms with van der Waals surface area (Å²) in [6.07, 6.45) is 0. The molecule has 25 heavy (non-hydrogen) atoms. The van der Waals surface area contributed by atoms with E-state index in [2.05, 4.69) is 11.8 Å². The summed E-state index contributed by atoms with van der Waals surface area (Å²) in [5, 5.41) is 1.33. The highest BCUT2D eigenvalue weighted by Gasteiger charge is 2.17. The molecule has 0 amide bonds. The molecule has 0 radical (unpaired) electrons. The molecule has 2 nitrogen and oxygen atoms in total. The number of carbonyl (C=O) groups excluding carboxylic acids is 1. The summed E-state index contributed by atoms with van der Waals surface area (Å²) in [4.78, 5) is 11.9. The van der Waals surface area contributed by atoms with Crippen molar-refractivity contribution in [1.29, 1.82) is 0 Å². The van der Waals surface area contributed by atoms with Gasteiger partial charge in [0.25, 0.3) is 0 Å². The second-order valence-corrected chi connectivity index (χ2v) is 5.90. The molecule has 3 rings (SSSR count). The Balaban J connectivity index is 2.50. The van der Waals surface area contributed by atoms with Gasteiger partial charge in [0.05, 0.1) is 18.2 Å². The van der Waals surface area contributed by atoms with Crippen LogP contribution in [0, 0.1) is 29.4 Å². The Morgan fingerprint density at radius 1 is 1.12 bits per heavy atom. The number of halogens is 2. The van der Waals surface area contributed by atoms with E-state index in [1.165, 1.54) is 25.3 Å². The Labute approximate surface area is 144 Å². The van der Waals surface area contributed by atoms with Crippen LogP contribution in [0.3, 0.4) is 0 Å². The van der Waals surface area contributed by atoms with Crippen LogP contribution in [-0.2, 0) is 4.74 Å². The van der Waals surface area contributed by atoms with E-state index in [0.717, 1.165) is 10.8 Å². The van der Waals surface area contributed by atoms with Crippen LogP contribution in [0.25, 0.3) is 11.1 Å². The molecule has 126 valence electrons. The first-order valence-corrected chi connectivity index (χ1v) is 7.83. The minimum absolute atomic E-state index is 0.0740. The first-order chi connectivity index (χ1) is 11.9. The molecule has 0 bridgehead atoms. The maximum absolute atomic E-state index is 14.4. The molecule has 0 N–H and O–H groups in total. The van der Waals surface area contributed by atoms with Crippen molar-refractivity contribution >= 4 is 17.1 Å². The van der Waals surface area contributed by atoms with Gasteiger partial charge in [-0.05, 0) is 48.6 Å². The lowest BCUT2D eigenvalue weighted by Crippen LogP contribution is -2.31. The molecule has 1 aliphatic rings. The van der Waals surface area contributed by atoms with Gasteiger partial charge < -0.3 is 4.74 Å². The Bertz CT molecular complexity index is 1040. The highest BCUT2D eigenvalue weighted by molar-refractivity contribution is 5.90. The van der Waals surface area contributed by atoms with Crippen LogP contribution < -0.4 is 10.4 Å². The molecule has 0 heterocycles. The monoisotopic (exact) mass is 338 g/mol. The first-order valence-electron chi connectivity index (χ1n) is 7.83. The van der Waals surface area contributed by atoms with E-state index in [1.807, 2.05) is 13.8 Å². The van der Waals surface area contributed by atoms with Gasteiger partial charge in [-0.25, -0.2) is 13.6 Å². The Kier molecular flexibility index (Phi) is 4.41. The largest absolute Gasteiger partial charge is 0.465 e. The second-order valence-electron chi connectivity index (χ2n) is 5.90. The maximum Gasteiger partial charge on any atom is 0.337 e. The van der Waals surface area contributed by atoms with Crippen molar-refractivity contribution in [3.8, 4) is 11.8 Å². The van der Waals surface area contributed by atoms with E-state index in [-0.39, 0.29) is 17.1 Å². The van der Waals surface area contributed by atoms with Crippen LogP contribution in [0.4, 0.5) is 8.78 Å². The van der Waals surface area contributed by atoms with Crippen LogP contribution in [0.1, 0.15) is 29.8 Å². The van der Waals surface area contributed by atoms with Gasteiger partial charge in [0.2, 0.25) is 0 Å². The number of benzene rings is 2. The van der Waals surface area contributed by atoms with Gasteiger partial charge in [-0.15, -0.1) is 0 Å². The van der Waals surface area contributed by atoms with E-state index in [9.17, 15) is 13.6 Å². The van der Waals surface area contributed by atoms with Crippen LogP contribution in [0.15, 0.2) is 36.4 Å². The molecular weight excluding hydrogens is 322 g/mol. The normalized spacial score (nSPS) is 15.8. The highest BCUT2D eigenvalue weighted by atomic mass is 19.1. The Morgan fingerprint density at radius 2 is 1.80 bits per heavy atom. The van der Waals surface area contributed by atoms with Crippen molar-refractivity contribution in [3.63, 3.8) is 0 Å². The summed E-state index contributed by atoms with van der Waals surface area (Å²) in [6, 6.07) is 8.69. The molecule has 2 aromatic rings. The average molecular weight is 338 g/mol. The average Bonchev–Trinajstić information content (AvgIpc) is 2.72. The SMILES string of the molecule is COC(=O)c1ccc2c(c1)=C(c1c(F)cccc1F)C#CC(C)C=2C. The number of esters is 1. The fourth-order valence-corrected chi connectivity index (χ4v) is 2.86. The van der Waals surface area contributed by atoms with Crippen molar-refractivity contribution < 1.29 is 18.3 Å². The molecule has 0 saturated heterocycles. The molecule has 2 aromatic carbocycles. The zero-order valence-corrected chi connectivity index (χ0v) is 14.1. The van der Waals surface area contributed by atoms with Crippen LogP contribution in [0.2, 0.25) is 0 Å². The van der Waals surface area contributed by atoms with E-state index in [0.29, 0.717) is 10.8 Å². The number of hydrogen-bond acceptors (Lipinski definition) is 2. The van der Waals surface area contributed by atoms with Crippen molar-refractivity contribution in [2.75, 3.05) is 7.11 Å². The van der Waals surface area contributed by atoms with Crippen molar-refractivity contribution in [1.82, 2.24) is 0 Å². The van der Waals surface area contributed by atoms with Crippen molar-refractivity contribution in [2.24, 2.45) is 5.92 Å². The number of methoxy groups -OCH3 is 1. The summed E-state index contributed by atoms with van der Waals surface area (Å²) >= 11 is 0.